The lowest BCUT2D eigenvalue weighted by Crippen LogP contribution is -2.63. The number of hydrogen-bond donors (Lipinski definition) is 3. The summed E-state index contributed by atoms with van der Waals surface area (Å²) in [7, 11) is -0.443. The van der Waals surface area contributed by atoms with E-state index >= 15 is 0 Å². The van der Waals surface area contributed by atoms with Crippen LogP contribution in [0.2, 0.25) is 0 Å². The summed E-state index contributed by atoms with van der Waals surface area (Å²) in [5.41, 5.74) is -1.48. The highest BCUT2D eigenvalue weighted by molar-refractivity contribution is 6.50. The number of benzene rings is 1. The van der Waals surface area contributed by atoms with E-state index < -0.39 is 67.3 Å². The number of aromatic nitrogens is 2. The third-order valence-electron chi connectivity index (χ3n) is 6.15. The molecule has 0 spiro atoms. The number of hydrogen-bond acceptors (Lipinski definition) is 10. The fourth-order valence-electron chi connectivity index (χ4n) is 4.20. The molecule has 0 unspecified atom stereocenters. The van der Waals surface area contributed by atoms with Crippen molar-refractivity contribution in [3.8, 4) is 0 Å². The molecular weight excluding hydrogens is 523 g/mol. The van der Waals surface area contributed by atoms with E-state index in [4.69, 9.17) is 9.31 Å². The van der Waals surface area contributed by atoms with Crippen molar-refractivity contribution in [2.24, 2.45) is 5.92 Å². The second kappa shape index (κ2) is 13.6. The van der Waals surface area contributed by atoms with E-state index in [-0.39, 0.29) is 24.5 Å². The molecule has 40 heavy (non-hydrogen) atoms. The third kappa shape index (κ3) is 8.09. The monoisotopic (exact) mass is 554 g/mol. The van der Waals surface area contributed by atoms with Crippen molar-refractivity contribution < 1.29 is 43.1 Å². The molecule has 1 aromatic heterocycles. The molecule has 1 aliphatic heterocycles. The number of ether oxygens (including phenoxy) is 1. The first-order valence-corrected chi connectivity index (χ1v) is 12.6. The minimum Gasteiger partial charge on any atom is -0.508 e. The second-order valence-electron chi connectivity index (χ2n) is 9.76. The Labute approximate surface area is 231 Å². The van der Waals surface area contributed by atoms with E-state index in [0.29, 0.717) is 0 Å². The van der Waals surface area contributed by atoms with Crippen LogP contribution in [0, 0.1) is 5.92 Å². The van der Waals surface area contributed by atoms with Gasteiger partial charge in [-0.15, -0.1) is 0 Å². The first kappa shape index (κ1) is 30.2. The highest BCUT2D eigenvalue weighted by Gasteiger charge is 2.55. The summed E-state index contributed by atoms with van der Waals surface area (Å²) in [6, 6.07) is 7.88. The lowest BCUT2D eigenvalue weighted by Gasteiger charge is -2.38. The maximum atomic E-state index is 13.6. The third-order valence-corrected chi connectivity index (χ3v) is 6.15. The standard InChI is InChI=1S/C26H31BN4O9/c1-16(2)11-20(27-39-22(33)14-26(40-27,25(36)37)13-21(32)38-3)31-23(34)18(12-17-7-5-4-6-8-17)30-24(35)19-15-28-9-10-29-19/h4-10,15-16,18,20H,11-14H2,1-3H3,(H,30,35)(H,31,34)(H,36,37)/t18-,20-,26-/m0/s1. The molecule has 3 atom stereocenters. The molecule has 1 saturated heterocycles. The minimum atomic E-state index is -2.24. The van der Waals surface area contributed by atoms with E-state index in [1.54, 1.807) is 24.3 Å². The molecule has 3 N–H and O–H groups in total. The molecule has 14 heteroatoms. The summed E-state index contributed by atoms with van der Waals surface area (Å²) in [6.07, 6.45) is 2.88. The number of aliphatic carboxylic acids is 1. The maximum Gasteiger partial charge on any atom is 0.552 e. The topological polar surface area (TPSA) is 183 Å². The lowest BCUT2D eigenvalue weighted by atomic mass is 9.70. The van der Waals surface area contributed by atoms with Gasteiger partial charge in [0.05, 0.1) is 32.1 Å². The van der Waals surface area contributed by atoms with Crippen LogP contribution in [0.4, 0.5) is 0 Å². The maximum absolute atomic E-state index is 13.6. The summed E-state index contributed by atoms with van der Waals surface area (Å²) in [5, 5.41) is 15.3. The average Bonchev–Trinajstić information content (AvgIpc) is 2.92. The molecule has 2 heterocycles. The van der Waals surface area contributed by atoms with Gasteiger partial charge in [-0.2, -0.15) is 0 Å². The smallest absolute Gasteiger partial charge is 0.508 e. The van der Waals surface area contributed by atoms with Crippen LogP contribution in [-0.2, 0) is 39.6 Å². The molecule has 2 amide bonds. The molecule has 13 nitrogen and oxygen atoms in total. The Balaban J connectivity index is 1.88. The van der Waals surface area contributed by atoms with Crippen molar-refractivity contribution in [1.82, 2.24) is 20.6 Å². The molecule has 0 aliphatic carbocycles. The number of carbonyl (C=O) groups is 5. The summed E-state index contributed by atoms with van der Waals surface area (Å²) in [6.45, 7) is 3.69. The van der Waals surface area contributed by atoms with Crippen molar-refractivity contribution in [2.75, 3.05) is 7.11 Å². The van der Waals surface area contributed by atoms with E-state index in [9.17, 15) is 29.1 Å². The Morgan fingerprint density at radius 1 is 1.15 bits per heavy atom. The first-order valence-electron chi connectivity index (χ1n) is 12.6. The van der Waals surface area contributed by atoms with Gasteiger partial charge < -0.3 is 29.8 Å². The number of methoxy groups -OCH3 is 1. The molecular formula is C26H31BN4O9. The highest BCUT2D eigenvalue weighted by atomic mass is 16.7. The van der Waals surface area contributed by atoms with Crippen LogP contribution < -0.4 is 10.6 Å². The number of carboxylic acid groups (broad SMARTS) is 1. The Hall–Kier alpha value is -4.33. The molecule has 1 aromatic carbocycles. The Kier molecular flexibility index (Phi) is 10.3. The fraction of sp³-hybridized carbons (Fsp3) is 0.423. The normalized spacial score (nSPS) is 18.3. The van der Waals surface area contributed by atoms with Gasteiger partial charge in [-0.05, 0) is 17.9 Å². The van der Waals surface area contributed by atoms with Gasteiger partial charge in [-0.1, -0.05) is 44.2 Å². The number of nitrogens with zero attached hydrogens (tertiary/aromatic N) is 2. The summed E-state index contributed by atoms with van der Waals surface area (Å²) in [4.78, 5) is 71.0. The minimum absolute atomic E-state index is 0.00527. The Morgan fingerprint density at radius 2 is 1.88 bits per heavy atom. The largest absolute Gasteiger partial charge is 0.552 e. The molecule has 2 aromatic rings. The Bertz CT molecular complexity index is 1220. The van der Waals surface area contributed by atoms with Gasteiger partial charge >= 0.3 is 19.1 Å². The summed E-state index contributed by atoms with van der Waals surface area (Å²) < 4.78 is 15.6. The van der Waals surface area contributed by atoms with Crippen molar-refractivity contribution >= 4 is 36.8 Å². The SMILES string of the molecule is COC(=O)C[C@@]1(C(=O)O)CC(=O)OB([C@H](CC(C)C)NC(=O)[C@H](Cc2ccccc2)NC(=O)c2cnccn2)O1. The van der Waals surface area contributed by atoms with Crippen molar-refractivity contribution in [3.05, 3.63) is 60.2 Å². The summed E-state index contributed by atoms with van der Waals surface area (Å²) in [5.74, 6) is -5.70. The molecule has 1 fully saturated rings. The van der Waals surface area contributed by atoms with Crippen LogP contribution >= 0.6 is 0 Å². The number of nitrogens with one attached hydrogen (secondary N) is 2. The van der Waals surface area contributed by atoms with Gasteiger partial charge in [-0.3, -0.25) is 24.2 Å². The van der Waals surface area contributed by atoms with E-state index in [0.717, 1.165) is 12.7 Å². The molecule has 212 valence electrons. The van der Waals surface area contributed by atoms with Gasteiger partial charge in [0.1, 0.15) is 11.7 Å². The number of carboxylic acids is 1. The number of amides is 2. The van der Waals surface area contributed by atoms with Crippen molar-refractivity contribution in [2.45, 2.75) is 57.1 Å². The quantitative estimate of drug-likeness (QED) is 0.248. The van der Waals surface area contributed by atoms with Crippen LogP contribution in [0.1, 0.15) is 49.2 Å². The van der Waals surface area contributed by atoms with Crippen LogP contribution in [0.15, 0.2) is 48.9 Å². The first-order chi connectivity index (χ1) is 19.0. The van der Waals surface area contributed by atoms with Gasteiger partial charge in [0.25, 0.3) is 11.9 Å². The van der Waals surface area contributed by atoms with E-state index in [1.807, 2.05) is 19.9 Å². The second-order valence-corrected chi connectivity index (χ2v) is 9.76. The Morgan fingerprint density at radius 3 is 2.48 bits per heavy atom. The van der Waals surface area contributed by atoms with Gasteiger partial charge in [-0.25, -0.2) is 9.78 Å². The van der Waals surface area contributed by atoms with Gasteiger partial charge in [0, 0.05) is 18.8 Å². The number of rotatable bonds is 12. The van der Waals surface area contributed by atoms with Crippen molar-refractivity contribution in [1.29, 1.82) is 0 Å². The van der Waals surface area contributed by atoms with Crippen molar-refractivity contribution in [3.63, 3.8) is 0 Å². The fourth-order valence-corrected chi connectivity index (χ4v) is 4.20. The van der Waals surface area contributed by atoms with Crippen LogP contribution in [0.3, 0.4) is 0 Å². The average molecular weight is 554 g/mol. The molecule has 0 radical (unpaired) electrons. The molecule has 3 rings (SSSR count). The number of carbonyl (C=O) groups excluding carboxylic acids is 4. The van der Waals surface area contributed by atoms with E-state index in [1.165, 1.54) is 18.6 Å². The zero-order valence-electron chi connectivity index (χ0n) is 22.4. The predicted molar refractivity (Wildman–Crippen MR) is 139 cm³/mol. The van der Waals surface area contributed by atoms with Crippen LogP contribution in [0.25, 0.3) is 0 Å². The van der Waals surface area contributed by atoms with E-state index in [2.05, 4.69) is 25.3 Å². The molecule has 0 bridgehead atoms. The van der Waals surface area contributed by atoms with Crippen LogP contribution in [-0.4, -0.2) is 76.6 Å². The zero-order chi connectivity index (χ0) is 29.3. The van der Waals surface area contributed by atoms with Gasteiger partial charge in [0.2, 0.25) is 5.91 Å². The molecule has 1 aliphatic rings. The van der Waals surface area contributed by atoms with Crippen LogP contribution in [0.5, 0.6) is 0 Å². The zero-order valence-corrected chi connectivity index (χ0v) is 22.4. The predicted octanol–water partition coefficient (Wildman–Crippen LogP) is 0.726. The highest BCUT2D eigenvalue weighted by Crippen LogP contribution is 2.30. The number of esters is 1. The molecule has 0 saturated carbocycles. The summed E-state index contributed by atoms with van der Waals surface area (Å²) >= 11 is 0. The lowest BCUT2D eigenvalue weighted by molar-refractivity contribution is -0.175. The van der Waals surface area contributed by atoms with Gasteiger partial charge in [0.15, 0.2) is 5.60 Å².